The summed E-state index contributed by atoms with van der Waals surface area (Å²) in [6.07, 6.45) is 0.676. The van der Waals surface area contributed by atoms with Crippen molar-refractivity contribution in [3.63, 3.8) is 0 Å². The van der Waals surface area contributed by atoms with Gasteiger partial charge in [-0.05, 0) is 46.0 Å². The normalized spacial score (nSPS) is 13.2. The molecule has 5 heteroatoms. The Balaban J connectivity index is 2.84. The van der Waals surface area contributed by atoms with Crippen LogP contribution in [0.1, 0.15) is 37.6 Å². The summed E-state index contributed by atoms with van der Waals surface area (Å²) in [4.78, 5) is 12.1. The molecule has 2 nitrogen and oxygen atoms in total. The zero-order chi connectivity index (χ0) is 14.6. The van der Waals surface area contributed by atoms with E-state index in [1.54, 1.807) is 6.07 Å². The van der Waals surface area contributed by atoms with Gasteiger partial charge in [-0.25, -0.2) is 4.39 Å². The van der Waals surface area contributed by atoms with E-state index < -0.39 is 5.82 Å². The van der Waals surface area contributed by atoms with Gasteiger partial charge in [0.1, 0.15) is 5.82 Å². The SMILES string of the molecule is CC(C)(C)C(CCCl)NC(=O)c1ccc(Br)c(F)c1. The molecule has 1 amide bonds. The minimum Gasteiger partial charge on any atom is -0.349 e. The van der Waals surface area contributed by atoms with Crippen molar-refractivity contribution in [2.24, 2.45) is 5.41 Å². The summed E-state index contributed by atoms with van der Waals surface area (Å²) in [6, 6.07) is 4.28. The smallest absolute Gasteiger partial charge is 0.251 e. The second kappa shape index (κ2) is 6.71. The van der Waals surface area contributed by atoms with E-state index in [0.29, 0.717) is 22.3 Å². The molecular formula is C14H18BrClFNO. The first kappa shape index (κ1) is 16.4. The largest absolute Gasteiger partial charge is 0.349 e. The van der Waals surface area contributed by atoms with Crippen LogP contribution in [-0.4, -0.2) is 17.8 Å². The first-order valence-electron chi connectivity index (χ1n) is 6.07. The maximum Gasteiger partial charge on any atom is 0.251 e. The van der Waals surface area contributed by atoms with Crippen molar-refractivity contribution in [2.45, 2.75) is 33.2 Å². The third-order valence-electron chi connectivity index (χ3n) is 2.93. The molecule has 1 aromatic carbocycles. The number of rotatable bonds is 4. The number of halogens is 3. The number of hydrogen-bond acceptors (Lipinski definition) is 1. The fraction of sp³-hybridized carbons (Fsp3) is 0.500. The lowest BCUT2D eigenvalue weighted by Gasteiger charge is -2.31. The Hall–Kier alpha value is -0.610. The molecular weight excluding hydrogens is 333 g/mol. The summed E-state index contributed by atoms with van der Waals surface area (Å²) in [7, 11) is 0. The number of amides is 1. The molecule has 19 heavy (non-hydrogen) atoms. The van der Waals surface area contributed by atoms with E-state index in [4.69, 9.17) is 11.6 Å². The molecule has 0 aliphatic rings. The van der Waals surface area contributed by atoms with Crippen molar-refractivity contribution in [1.82, 2.24) is 5.32 Å². The summed E-state index contributed by atoms with van der Waals surface area (Å²) in [5, 5.41) is 2.92. The van der Waals surface area contributed by atoms with Crippen molar-refractivity contribution in [2.75, 3.05) is 5.88 Å². The Bertz CT molecular complexity index is 459. The summed E-state index contributed by atoms with van der Waals surface area (Å²) < 4.78 is 13.8. The third-order valence-corrected chi connectivity index (χ3v) is 3.79. The number of nitrogens with one attached hydrogen (secondary N) is 1. The predicted octanol–water partition coefficient (Wildman–Crippen LogP) is 4.36. The van der Waals surface area contributed by atoms with E-state index in [-0.39, 0.29) is 17.4 Å². The maximum absolute atomic E-state index is 13.4. The minimum absolute atomic E-state index is 0.0517. The molecule has 0 aliphatic heterocycles. The van der Waals surface area contributed by atoms with Crippen LogP contribution in [0.4, 0.5) is 4.39 Å². The van der Waals surface area contributed by atoms with Gasteiger partial charge in [-0.2, -0.15) is 0 Å². The minimum atomic E-state index is -0.447. The van der Waals surface area contributed by atoms with Gasteiger partial charge in [0.25, 0.3) is 5.91 Å². The van der Waals surface area contributed by atoms with Crippen LogP contribution in [0, 0.1) is 11.2 Å². The highest BCUT2D eigenvalue weighted by atomic mass is 79.9. The van der Waals surface area contributed by atoms with Crippen molar-refractivity contribution < 1.29 is 9.18 Å². The van der Waals surface area contributed by atoms with E-state index in [9.17, 15) is 9.18 Å². The molecule has 1 aromatic rings. The van der Waals surface area contributed by atoms with Crippen LogP contribution < -0.4 is 5.32 Å². The second-order valence-corrected chi connectivity index (χ2v) is 6.73. The number of carbonyl (C=O) groups is 1. The highest BCUT2D eigenvalue weighted by Gasteiger charge is 2.26. The molecule has 1 N–H and O–H groups in total. The molecule has 0 bridgehead atoms. The molecule has 0 spiro atoms. The highest BCUT2D eigenvalue weighted by Crippen LogP contribution is 2.23. The summed E-state index contributed by atoms with van der Waals surface area (Å²) in [5.41, 5.74) is 0.211. The van der Waals surface area contributed by atoms with E-state index in [0.717, 1.165) is 0 Å². The van der Waals surface area contributed by atoms with Gasteiger partial charge in [-0.3, -0.25) is 4.79 Å². The van der Waals surface area contributed by atoms with Gasteiger partial charge in [0.05, 0.1) is 4.47 Å². The van der Waals surface area contributed by atoms with Crippen molar-refractivity contribution in [1.29, 1.82) is 0 Å². The van der Waals surface area contributed by atoms with E-state index >= 15 is 0 Å². The average Bonchev–Trinajstić information content (AvgIpc) is 2.30. The standard InChI is InChI=1S/C14H18BrClFNO/c1-14(2,3)12(6-7-16)18-13(19)9-4-5-10(15)11(17)8-9/h4-5,8,12H,6-7H2,1-3H3,(H,18,19). The van der Waals surface area contributed by atoms with Crippen molar-refractivity contribution in [3.8, 4) is 0 Å². The van der Waals surface area contributed by atoms with Gasteiger partial charge >= 0.3 is 0 Å². The molecule has 1 atom stereocenters. The van der Waals surface area contributed by atoms with Crippen LogP contribution in [0.2, 0.25) is 0 Å². The maximum atomic E-state index is 13.4. The molecule has 0 heterocycles. The van der Waals surface area contributed by atoms with Crippen LogP contribution in [0.15, 0.2) is 22.7 Å². The van der Waals surface area contributed by atoms with Gasteiger partial charge in [0, 0.05) is 17.5 Å². The number of alkyl halides is 1. The van der Waals surface area contributed by atoms with E-state index in [1.165, 1.54) is 12.1 Å². The Labute approximate surface area is 126 Å². The van der Waals surface area contributed by atoms with Gasteiger partial charge in [0.2, 0.25) is 0 Å². The Kier molecular flexibility index (Phi) is 5.81. The molecule has 0 aliphatic carbocycles. The molecule has 0 saturated carbocycles. The lowest BCUT2D eigenvalue weighted by atomic mass is 9.85. The second-order valence-electron chi connectivity index (χ2n) is 5.50. The molecule has 106 valence electrons. The van der Waals surface area contributed by atoms with Gasteiger partial charge in [-0.15, -0.1) is 11.6 Å². The predicted molar refractivity (Wildman–Crippen MR) is 80.1 cm³/mol. The van der Waals surface area contributed by atoms with Crippen molar-refractivity contribution >= 4 is 33.4 Å². The van der Waals surface area contributed by atoms with Crippen LogP contribution in [0.5, 0.6) is 0 Å². The van der Waals surface area contributed by atoms with Gasteiger partial charge in [0.15, 0.2) is 0 Å². The molecule has 0 saturated heterocycles. The zero-order valence-electron chi connectivity index (χ0n) is 11.3. The van der Waals surface area contributed by atoms with E-state index in [2.05, 4.69) is 21.2 Å². The molecule has 0 aromatic heterocycles. The fourth-order valence-electron chi connectivity index (χ4n) is 1.71. The number of hydrogen-bond donors (Lipinski definition) is 1. The molecule has 1 rings (SSSR count). The number of benzene rings is 1. The van der Waals surface area contributed by atoms with Crippen LogP contribution >= 0.6 is 27.5 Å². The first-order valence-corrected chi connectivity index (χ1v) is 7.40. The highest BCUT2D eigenvalue weighted by molar-refractivity contribution is 9.10. The van der Waals surface area contributed by atoms with Crippen LogP contribution in [-0.2, 0) is 0 Å². The van der Waals surface area contributed by atoms with Gasteiger partial charge < -0.3 is 5.32 Å². The fourth-order valence-corrected chi connectivity index (χ4v) is 2.17. The Morgan fingerprint density at radius 3 is 2.58 bits per heavy atom. The van der Waals surface area contributed by atoms with Gasteiger partial charge in [-0.1, -0.05) is 20.8 Å². The quantitative estimate of drug-likeness (QED) is 0.803. The third kappa shape index (κ3) is 4.77. The Morgan fingerprint density at radius 2 is 2.11 bits per heavy atom. The summed E-state index contributed by atoms with van der Waals surface area (Å²) in [5.74, 6) is -0.259. The van der Waals surface area contributed by atoms with Crippen LogP contribution in [0.25, 0.3) is 0 Å². The monoisotopic (exact) mass is 349 g/mol. The summed E-state index contributed by atoms with van der Waals surface area (Å²) >= 11 is 8.82. The zero-order valence-corrected chi connectivity index (χ0v) is 13.6. The molecule has 1 unspecified atom stereocenters. The Morgan fingerprint density at radius 1 is 1.47 bits per heavy atom. The lowest BCUT2D eigenvalue weighted by Crippen LogP contribution is -2.44. The average molecular weight is 351 g/mol. The molecule has 0 fully saturated rings. The first-order chi connectivity index (χ1) is 8.75. The topological polar surface area (TPSA) is 29.1 Å². The number of carbonyl (C=O) groups excluding carboxylic acids is 1. The summed E-state index contributed by atoms with van der Waals surface area (Å²) in [6.45, 7) is 6.10. The lowest BCUT2D eigenvalue weighted by molar-refractivity contribution is 0.0900. The van der Waals surface area contributed by atoms with Crippen LogP contribution in [0.3, 0.4) is 0 Å². The van der Waals surface area contributed by atoms with Crippen molar-refractivity contribution in [3.05, 3.63) is 34.1 Å². The van der Waals surface area contributed by atoms with E-state index in [1.807, 2.05) is 20.8 Å². The molecule has 0 radical (unpaired) electrons.